The van der Waals surface area contributed by atoms with Crippen molar-refractivity contribution < 1.29 is 19.1 Å². The molecule has 1 aromatic carbocycles. The number of aromatic nitrogens is 3. The Balaban J connectivity index is 1.36. The molecule has 2 heterocycles. The van der Waals surface area contributed by atoms with Crippen molar-refractivity contribution in [2.45, 2.75) is 37.9 Å². The van der Waals surface area contributed by atoms with E-state index in [0.29, 0.717) is 37.3 Å². The van der Waals surface area contributed by atoms with Crippen LogP contribution in [-0.2, 0) is 36.0 Å². The van der Waals surface area contributed by atoms with E-state index in [-0.39, 0.29) is 30.8 Å². The number of nitrogens with zero attached hydrogens (tertiary/aromatic N) is 3. The first kappa shape index (κ1) is 24.8. The summed E-state index contributed by atoms with van der Waals surface area (Å²) in [4.78, 5) is 26.3. The predicted octanol–water partition coefficient (Wildman–Crippen LogP) is 5.16. The van der Waals surface area contributed by atoms with Crippen molar-refractivity contribution in [2.75, 3.05) is 17.7 Å². The van der Waals surface area contributed by atoms with Gasteiger partial charge in [-0.05, 0) is 49.9 Å². The summed E-state index contributed by atoms with van der Waals surface area (Å²) in [5.74, 6) is 0.560. The Morgan fingerprint density at radius 3 is 2.85 bits per heavy atom. The second-order valence-electron chi connectivity index (χ2n) is 7.44. The summed E-state index contributed by atoms with van der Waals surface area (Å²) in [5.41, 5.74) is 1.50. The average molecular weight is 541 g/mol. The van der Waals surface area contributed by atoms with Gasteiger partial charge in [0.05, 0.1) is 22.9 Å². The van der Waals surface area contributed by atoms with Crippen LogP contribution in [0.15, 0.2) is 23.4 Å². The van der Waals surface area contributed by atoms with Crippen molar-refractivity contribution in [3.05, 3.63) is 50.1 Å². The van der Waals surface area contributed by atoms with E-state index in [2.05, 4.69) is 15.5 Å². The second-order valence-corrected chi connectivity index (χ2v) is 10.3. The molecule has 0 atom stereocenters. The lowest BCUT2D eigenvalue weighted by atomic mass is 10.1. The maximum absolute atomic E-state index is 12.7. The van der Waals surface area contributed by atoms with Crippen LogP contribution in [-0.4, -0.2) is 39.0 Å². The van der Waals surface area contributed by atoms with E-state index in [4.69, 9.17) is 32.7 Å². The zero-order valence-corrected chi connectivity index (χ0v) is 21.7. The molecule has 0 aliphatic heterocycles. The number of hydrogen-bond acceptors (Lipinski definition) is 8. The molecule has 1 amide bonds. The van der Waals surface area contributed by atoms with Gasteiger partial charge in [-0.2, -0.15) is 0 Å². The predicted molar refractivity (Wildman–Crippen MR) is 133 cm³/mol. The van der Waals surface area contributed by atoms with Crippen molar-refractivity contribution >= 4 is 63.2 Å². The van der Waals surface area contributed by atoms with Crippen LogP contribution in [0.2, 0.25) is 10.0 Å². The molecule has 1 N–H and O–H groups in total. The summed E-state index contributed by atoms with van der Waals surface area (Å²) in [6.07, 6.45) is 2.76. The highest BCUT2D eigenvalue weighted by molar-refractivity contribution is 7.99. The van der Waals surface area contributed by atoms with E-state index in [1.54, 1.807) is 36.7 Å². The van der Waals surface area contributed by atoms with Gasteiger partial charge in [-0.25, -0.2) is 4.79 Å². The number of esters is 1. The van der Waals surface area contributed by atoms with Gasteiger partial charge in [-0.1, -0.05) is 35.0 Å². The molecular weight excluding hydrogens is 519 g/mol. The fourth-order valence-electron chi connectivity index (χ4n) is 3.54. The minimum atomic E-state index is -0.386. The van der Waals surface area contributed by atoms with Gasteiger partial charge in [0.25, 0.3) is 0 Å². The zero-order valence-electron chi connectivity index (χ0n) is 18.5. The van der Waals surface area contributed by atoms with Gasteiger partial charge < -0.3 is 19.4 Å². The number of hydrogen-bond donors (Lipinski definition) is 1. The summed E-state index contributed by atoms with van der Waals surface area (Å²) < 4.78 is 12.7. The number of anilines is 1. The molecule has 0 radical (unpaired) electrons. The van der Waals surface area contributed by atoms with Crippen LogP contribution in [0, 0.1) is 0 Å². The smallest absolute Gasteiger partial charge is 0.341 e. The molecule has 2 aromatic heterocycles. The summed E-state index contributed by atoms with van der Waals surface area (Å²) >= 11 is 14.7. The molecule has 180 valence electrons. The first-order chi connectivity index (χ1) is 16.4. The number of halogens is 2. The van der Waals surface area contributed by atoms with Crippen LogP contribution in [0.5, 0.6) is 5.75 Å². The number of thioether (sulfide) groups is 1. The molecule has 0 saturated heterocycles. The summed E-state index contributed by atoms with van der Waals surface area (Å²) in [6, 6.07) is 4.98. The van der Waals surface area contributed by atoms with Gasteiger partial charge in [0.1, 0.15) is 17.4 Å². The number of rotatable bonds is 9. The first-order valence-electron chi connectivity index (χ1n) is 10.6. The lowest BCUT2D eigenvalue weighted by Gasteiger charge is -2.09. The van der Waals surface area contributed by atoms with Crippen LogP contribution in [0.4, 0.5) is 5.00 Å². The Hall–Kier alpha value is -2.27. The van der Waals surface area contributed by atoms with Gasteiger partial charge >= 0.3 is 5.97 Å². The topological polar surface area (TPSA) is 95.3 Å². The van der Waals surface area contributed by atoms with Crippen molar-refractivity contribution in [1.29, 1.82) is 0 Å². The zero-order chi connectivity index (χ0) is 24.2. The molecule has 12 heteroatoms. The van der Waals surface area contributed by atoms with Crippen molar-refractivity contribution in [3.8, 4) is 5.75 Å². The van der Waals surface area contributed by atoms with Crippen molar-refractivity contribution in [3.63, 3.8) is 0 Å². The largest absolute Gasteiger partial charge is 0.484 e. The number of thiophene rings is 1. The number of nitrogens with one attached hydrogen (secondary N) is 1. The molecular formula is C22H22Cl2N4O4S2. The summed E-state index contributed by atoms with van der Waals surface area (Å²) in [7, 11) is 1.80. The molecule has 1 aliphatic rings. The minimum Gasteiger partial charge on any atom is -0.484 e. The van der Waals surface area contributed by atoms with Crippen molar-refractivity contribution in [1.82, 2.24) is 14.8 Å². The van der Waals surface area contributed by atoms with Crippen LogP contribution in [0.25, 0.3) is 0 Å². The number of carbonyl (C=O) groups is 2. The third-order valence-electron chi connectivity index (χ3n) is 5.16. The van der Waals surface area contributed by atoms with Gasteiger partial charge in [0.15, 0.2) is 11.0 Å². The second kappa shape index (κ2) is 11.0. The average Bonchev–Trinajstić information content (AvgIpc) is 3.47. The lowest BCUT2D eigenvalue weighted by molar-refractivity contribution is -0.113. The molecule has 0 fully saturated rings. The van der Waals surface area contributed by atoms with E-state index in [1.807, 2.05) is 0 Å². The molecule has 0 spiro atoms. The molecule has 34 heavy (non-hydrogen) atoms. The Morgan fingerprint density at radius 2 is 2.09 bits per heavy atom. The fraction of sp³-hybridized carbons (Fsp3) is 0.364. The van der Waals surface area contributed by atoms with E-state index in [9.17, 15) is 9.59 Å². The number of benzene rings is 1. The fourth-order valence-corrected chi connectivity index (χ4v) is 6.02. The molecule has 0 bridgehead atoms. The molecule has 0 saturated carbocycles. The van der Waals surface area contributed by atoms with Gasteiger partial charge in [-0.3, -0.25) is 4.79 Å². The van der Waals surface area contributed by atoms with E-state index in [1.165, 1.54) is 23.1 Å². The number of aryl methyl sites for hydroxylation is 1. The van der Waals surface area contributed by atoms with E-state index in [0.717, 1.165) is 29.7 Å². The number of ether oxygens (including phenoxy) is 2. The Labute approximate surface area is 214 Å². The van der Waals surface area contributed by atoms with E-state index < -0.39 is 0 Å². The Kier molecular flexibility index (Phi) is 8.02. The molecule has 0 unspecified atom stereocenters. The maximum atomic E-state index is 12.7. The van der Waals surface area contributed by atoms with Gasteiger partial charge in [0.2, 0.25) is 5.91 Å². The highest BCUT2D eigenvalue weighted by Gasteiger charge is 2.28. The SMILES string of the molecule is CCOC(=O)c1c(NC(=O)CSc2nnc(COc3ccc(Cl)cc3Cl)n2C)sc2c1CCC2. The lowest BCUT2D eigenvalue weighted by Crippen LogP contribution is -2.17. The standard InChI is InChI=1S/C22H22Cl2N4O4S2/c1-3-31-21(30)19-13-5-4-6-16(13)34-20(19)25-18(29)11-33-22-27-26-17(28(22)2)10-32-15-8-7-12(23)9-14(15)24/h7-9H,3-6,10-11H2,1-2H3,(H,25,29). The molecule has 3 aromatic rings. The summed E-state index contributed by atoms with van der Waals surface area (Å²) in [6.45, 7) is 2.21. The van der Waals surface area contributed by atoms with Gasteiger partial charge in [0, 0.05) is 16.9 Å². The van der Waals surface area contributed by atoms with E-state index >= 15 is 0 Å². The van der Waals surface area contributed by atoms with Crippen LogP contribution in [0.1, 0.15) is 40.0 Å². The Bertz CT molecular complexity index is 1230. The number of carbonyl (C=O) groups excluding carboxylic acids is 2. The Morgan fingerprint density at radius 1 is 1.26 bits per heavy atom. The van der Waals surface area contributed by atoms with Crippen LogP contribution >= 0.6 is 46.3 Å². The molecule has 4 rings (SSSR count). The van der Waals surface area contributed by atoms with Gasteiger partial charge in [-0.15, -0.1) is 21.5 Å². The number of fused-ring (bicyclic) bond motifs is 1. The highest BCUT2D eigenvalue weighted by Crippen LogP contribution is 2.39. The third kappa shape index (κ3) is 5.51. The van der Waals surface area contributed by atoms with Crippen molar-refractivity contribution in [2.24, 2.45) is 7.05 Å². The monoisotopic (exact) mass is 540 g/mol. The normalized spacial score (nSPS) is 12.5. The van der Waals surface area contributed by atoms with Crippen LogP contribution in [0.3, 0.4) is 0 Å². The quantitative estimate of drug-likeness (QED) is 0.295. The van der Waals surface area contributed by atoms with Crippen LogP contribution < -0.4 is 10.1 Å². The number of amides is 1. The highest BCUT2D eigenvalue weighted by atomic mass is 35.5. The molecule has 8 nitrogen and oxygen atoms in total. The molecule has 1 aliphatic carbocycles. The minimum absolute atomic E-state index is 0.112. The third-order valence-corrected chi connectivity index (χ3v) is 7.92. The summed E-state index contributed by atoms with van der Waals surface area (Å²) in [5, 5.41) is 13.2. The first-order valence-corrected chi connectivity index (χ1v) is 13.1. The maximum Gasteiger partial charge on any atom is 0.341 e.